The molecule has 0 amide bonds. The Morgan fingerprint density at radius 3 is 2.81 bits per heavy atom. The van der Waals surface area contributed by atoms with Crippen LogP contribution in [-0.4, -0.2) is 43.7 Å². The van der Waals surface area contributed by atoms with E-state index in [4.69, 9.17) is 16.3 Å². The monoisotopic (exact) mass is 308 g/mol. The Balaban J connectivity index is 1.95. The van der Waals surface area contributed by atoms with Crippen molar-refractivity contribution < 1.29 is 4.74 Å². The van der Waals surface area contributed by atoms with Crippen LogP contribution >= 0.6 is 11.6 Å². The zero-order chi connectivity index (χ0) is 15.0. The van der Waals surface area contributed by atoms with Gasteiger partial charge in [-0.2, -0.15) is 0 Å². The molecule has 0 N–H and O–H groups in total. The van der Waals surface area contributed by atoms with Crippen molar-refractivity contribution in [2.24, 2.45) is 5.92 Å². The predicted octanol–water partition coefficient (Wildman–Crippen LogP) is 3.66. The van der Waals surface area contributed by atoms with Gasteiger partial charge in [-0.25, -0.2) is 0 Å². The van der Waals surface area contributed by atoms with Crippen LogP contribution in [0.5, 0.6) is 5.75 Å². The van der Waals surface area contributed by atoms with Gasteiger partial charge in [0.05, 0.1) is 12.8 Å². The summed E-state index contributed by atoms with van der Waals surface area (Å²) in [6.45, 7) is 8.11. The van der Waals surface area contributed by atoms with E-state index < -0.39 is 0 Å². The first-order valence-corrected chi connectivity index (χ1v) is 8.32. The lowest BCUT2D eigenvalue weighted by Crippen LogP contribution is -2.58. The lowest BCUT2D eigenvalue weighted by molar-refractivity contribution is 0.176. The van der Waals surface area contributed by atoms with E-state index >= 15 is 0 Å². The Kier molecular flexibility index (Phi) is 4.32. The molecule has 3 rings (SSSR count). The van der Waals surface area contributed by atoms with Crippen LogP contribution in [0.3, 0.4) is 0 Å². The number of piperazine rings is 1. The second-order valence-corrected chi connectivity index (χ2v) is 7.01. The van der Waals surface area contributed by atoms with E-state index in [1.54, 1.807) is 7.11 Å². The van der Waals surface area contributed by atoms with Crippen molar-refractivity contribution in [3.8, 4) is 5.75 Å². The molecule has 2 heterocycles. The average Bonchev–Trinajstić information content (AvgIpc) is 2.93. The van der Waals surface area contributed by atoms with E-state index in [0.717, 1.165) is 29.5 Å². The van der Waals surface area contributed by atoms with Gasteiger partial charge in [0.25, 0.3) is 0 Å². The third-order valence-electron chi connectivity index (χ3n) is 4.95. The molecule has 1 aromatic rings. The van der Waals surface area contributed by atoms with Crippen LogP contribution in [0, 0.1) is 5.92 Å². The predicted molar refractivity (Wildman–Crippen MR) is 88.6 cm³/mol. The van der Waals surface area contributed by atoms with Gasteiger partial charge < -0.3 is 9.64 Å². The Morgan fingerprint density at radius 1 is 1.29 bits per heavy atom. The lowest BCUT2D eigenvalue weighted by Gasteiger charge is -2.47. The number of halogens is 1. The maximum absolute atomic E-state index is 6.24. The first-order valence-electron chi connectivity index (χ1n) is 7.94. The maximum Gasteiger partial charge on any atom is 0.142 e. The summed E-state index contributed by atoms with van der Waals surface area (Å²) in [6.07, 6.45) is 2.64. The zero-order valence-corrected chi connectivity index (χ0v) is 13.9. The molecule has 1 aromatic carbocycles. The smallest absolute Gasteiger partial charge is 0.142 e. The van der Waals surface area contributed by atoms with Crippen LogP contribution in [0.2, 0.25) is 5.02 Å². The summed E-state index contributed by atoms with van der Waals surface area (Å²) in [7, 11) is 1.74. The number of nitrogens with zero attached hydrogens (tertiary/aromatic N) is 2. The molecule has 2 saturated heterocycles. The number of hydrogen-bond acceptors (Lipinski definition) is 3. The molecule has 2 aliphatic rings. The minimum absolute atomic E-state index is 0.520. The fraction of sp³-hybridized carbons (Fsp3) is 0.647. The van der Waals surface area contributed by atoms with Gasteiger partial charge in [-0.1, -0.05) is 25.4 Å². The summed E-state index contributed by atoms with van der Waals surface area (Å²) < 4.78 is 5.58. The maximum atomic E-state index is 6.24. The molecule has 2 fully saturated rings. The summed E-state index contributed by atoms with van der Waals surface area (Å²) in [4.78, 5) is 5.19. The zero-order valence-electron chi connectivity index (χ0n) is 13.2. The number of benzene rings is 1. The molecule has 0 radical (unpaired) electrons. The molecule has 0 aromatic heterocycles. The normalized spacial score (nSPS) is 26.2. The molecule has 3 nitrogen and oxygen atoms in total. The molecular formula is C17H25ClN2O. The number of hydrogen-bond donors (Lipinski definition) is 0. The third kappa shape index (κ3) is 2.86. The highest BCUT2D eigenvalue weighted by Gasteiger charge is 2.38. The molecule has 116 valence electrons. The second-order valence-electron chi connectivity index (χ2n) is 6.57. The van der Waals surface area contributed by atoms with Gasteiger partial charge >= 0.3 is 0 Å². The van der Waals surface area contributed by atoms with Gasteiger partial charge in [0.1, 0.15) is 5.75 Å². The van der Waals surface area contributed by atoms with E-state index in [-0.39, 0.29) is 0 Å². The molecule has 0 spiro atoms. The largest absolute Gasteiger partial charge is 0.495 e. The first kappa shape index (κ1) is 15.0. The minimum Gasteiger partial charge on any atom is -0.495 e. The Bertz CT molecular complexity index is 506. The van der Waals surface area contributed by atoms with Crippen LogP contribution in [0.4, 0.5) is 5.69 Å². The summed E-state index contributed by atoms with van der Waals surface area (Å²) in [5.74, 6) is 1.53. The molecular weight excluding hydrogens is 284 g/mol. The standard InChI is InChI=1S/C17H25ClN2O/c1-12(2)16-11-19-8-4-5-14(19)10-20(16)15-9-13(18)6-7-17(15)21-3/h6-7,9,12,14,16H,4-5,8,10-11H2,1-3H3. The third-order valence-corrected chi connectivity index (χ3v) is 5.18. The highest BCUT2D eigenvalue weighted by Crippen LogP contribution is 2.37. The summed E-state index contributed by atoms with van der Waals surface area (Å²) in [6, 6.07) is 7.15. The number of ether oxygens (including phenoxy) is 1. The lowest BCUT2D eigenvalue weighted by atomic mass is 9.96. The van der Waals surface area contributed by atoms with E-state index in [1.807, 2.05) is 12.1 Å². The van der Waals surface area contributed by atoms with Gasteiger partial charge in [0, 0.05) is 30.2 Å². The minimum atomic E-state index is 0.520. The molecule has 0 saturated carbocycles. The van der Waals surface area contributed by atoms with Crippen LogP contribution in [-0.2, 0) is 0 Å². The molecule has 21 heavy (non-hydrogen) atoms. The Labute approximate surface area is 132 Å². The Hall–Kier alpha value is -0.930. The number of methoxy groups -OCH3 is 1. The summed E-state index contributed by atoms with van der Waals surface area (Å²) in [5.41, 5.74) is 1.15. The van der Waals surface area contributed by atoms with E-state index in [2.05, 4.69) is 29.7 Å². The van der Waals surface area contributed by atoms with Crippen LogP contribution in [0.25, 0.3) is 0 Å². The van der Waals surface area contributed by atoms with Crippen molar-refractivity contribution in [1.82, 2.24) is 4.90 Å². The highest BCUT2D eigenvalue weighted by molar-refractivity contribution is 6.30. The van der Waals surface area contributed by atoms with Gasteiger partial charge in [-0.15, -0.1) is 0 Å². The van der Waals surface area contributed by atoms with Crippen molar-refractivity contribution in [2.75, 3.05) is 31.6 Å². The fourth-order valence-corrected chi connectivity index (χ4v) is 3.95. The summed E-state index contributed by atoms with van der Waals surface area (Å²) >= 11 is 6.24. The van der Waals surface area contributed by atoms with Crippen LogP contribution < -0.4 is 9.64 Å². The average molecular weight is 309 g/mol. The van der Waals surface area contributed by atoms with E-state index in [1.165, 1.54) is 19.4 Å². The van der Waals surface area contributed by atoms with E-state index in [9.17, 15) is 0 Å². The fourth-order valence-electron chi connectivity index (χ4n) is 3.78. The van der Waals surface area contributed by atoms with Crippen molar-refractivity contribution in [3.63, 3.8) is 0 Å². The van der Waals surface area contributed by atoms with Crippen LogP contribution in [0.15, 0.2) is 18.2 Å². The first-order chi connectivity index (χ1) is 10.1. The van der Waals surface area contributed by atoms with Gasteiger partial charge in [-0.05, 0) is 43.5 Å². The molecule has 2 aliphatic heterocycles. The van der Waals surface area contributed by atoms with Crippen molar-refractivity contribution in [2.45, 2.75) is 38.8 Å². The SMILES string of the molecule is COc1ccc(Cl)cc1N1CC2CCCN2CC1C(C)C. The van der Waals surface area contributed by atoms with E-state index in [0.29, 0.717) is 18.0 Å². The second kappa shape index (κ2) is 6.05. The van der Waals surface area contributed by atoms with Crippen LogP contribution in [0.1, 0.15) is 26.7 Å². The number of fused-ring (bicyclic) bond motifs is 1. The van der Waals surface area contributed by atoms with Gasteiger partial charge in [-0.3, -0.25) is 4.90 Å². The number of anilines is 1. The topological polar surface area (TPSA) is 15.7 Å². The van der Waals surface area contributed by atoms with Crippen molar-refractivity contribution in [3.05, 3.63) is 23.2 Å². The van der Waals surface area contributed by atoms with Crippen molar-refractivity contribution >= 4 is 17.3 Å². The summed E-state index contributed by atoms with van der Waals surface area (Å²) in [5, 5.41) is 0.780. The quantitative estimate of drug-likeness (QED) is 0.847. The Morgan fingerprint density at radius 2 is 2.10 bits per heavy atom. The molecule has 4 heteroatoms. The molecule has 0 aliphatic carbocycles. The molecule has 2 atom stereocenters. The highest BCUT2D eigenvalue weighted by atomic mass is 35.5. The molecule has 0 bridgehead atoms. The van der Waals surface area contributed by atoms with Gasteiger partial charge in [0.2, 0.25) is 0 Å². The van der Waals surface area contributed by atoms with Crippen molar-refractivity contribution in [1.29, 1.82) is 0 Å². The van der Waals surface area contributed by atoms with Gasteiger partial charge in [0.15, 0.2) is 0 Å². The molecule has 2 unspecified atom stereocenters. The number of rotatable bonds is 3.